The molecule has 18 heavy (non-hydrogen) atoms. The van der Waals surface area contributed by atoms with Gasteiger partial charge in [0.2, 0.25) is 0 Å². The van der Waals surface area contributed by atoms with Gasteiger partial charge in [-0.3, -0.25) is 0 Å². The molecule has 1 N–H and O–H groups in total. The lowest BCUT2D eigenvalue weighted by Crippen LogP contribution is -2.16. The molecule has 3 rings (SSSR count). The van der Waals surface area contributed by atoms with Crippen LogP contribution in [0.5, 0.6) is 0 Å². The predicted octanol–water partition coefficient (Wildman–Crippen LogP) is 3.64. The van der Waals surface area contributed by atoms with Gasteiger partial charge in [0.15, 0.2) is 0 Å². The molecule has 2 fully saturated rings. The second-order valence-electron chi connectivity index (χ2n) is 6.39. The predicted molar refractivity (Wildman–Crippen MR) is 74.6 cm³/mol. The van der Waals surface area contributed by atoms with Crippen LogP contribution in [-0.2, 0) is 6.42 Å². The first-order valence-corrected chi connectivity index (χ1v) is 7.41. The Balaban J connectivity index is 1.67. The summed E-state index contributed by atoms with van der Waals surface area (Å²) in [6, 6.07) is 6.57. The van der Waals surface area contributed by atoms with Crippen molar-refractivity contribution in [2.24, 2.45) is 17.8 Å². The molecule has 3 unspecified atom stereocenters. The van der Waals surface area contributed by atoms with Gasteiger partial charge >= 0.3 is 0 Å². The summed E-state index contributed by atoms with van der Waals surface area (Å²) in [6.07, 6.45) is 6.23. The average Bonchev–Trinajstić information content (AvgIpc) is 3.08. The molecule has 0 bridgehead atoms. The lowest BCUT2D eigenvalue weighted by atomic mass is 9.97. The molecule has 0 aliphatic heterocycles. The lowest BCUT2D eigenvalue weighted by Gasteiger charge is -2.13. The molecule has 2 aliphatic rings. The second-order valence-corrected chi connectivity index (χ2v) is 6.39. The fraction of sp³-hybridized carbons (Fsp3) is 0.647. The van der Waals surface area contributed by atoms with Crippen LogP contribution in [-0.4, -0.2) is 11.2 Å². The quantitative estimate of drug-likeness (QED) is 0.860. The van der Waals surface area contributed by atoms with E-state index in [4.69, 9.17) is 0 Å². The molecule has 0 spiro atoms. The van der Waals surface area contributed by atoms with Crippen LogP contribution < -0.4 is 0 Å². The van der Waals surface area contributed by atoms with Crippen LogP contribution in [0.3, 0.4) is 0 Å². The largest absolute Gasteiger partial charge is 0.392 e. The maximum atomic E-state index is 10.5. The zero-order valence-electron chi connectivity index (χ0n) is 11.5. The zero-order chi connectivity index (χ0) is 12.7. The summed E-state index contributed by atoms with van der Waals surface area (Å²) >= 11 is 0. The summed E-state index contributed by atoms with van der Waals surface area (Å²) < 4.78 is 0. The first-order chi connectivity index (χ1) is 8.66. The number of aliphatic hydroxyl groups is 1. The van der Waals surface area contributed by atoms with Crippen LogP contribution in [0, 0.1) is 31.6 Å². The normalized spacial score (nSPS) is 31.8. The number of hydrogen-bond acceptors (Lipinski definition) is 1. The number of hydrogen-bond donors (Lipinski definition) is 1. The maximum absolute atomic E-state index is 10.5. The summed E-state index contributed by atoms with van der Waals surface area (Å²) in [4.78, 5) is 0. The molecule has 1 aromatic rings. The van der Waals surface area contributed by atoms with E-state index < -0.39 is 0 Å². The summed E-state index contributed by atoms with van der Waals surface area (Å²) in [7, 11) is 0. The van der Waals surface area contributed by atoms with Crippen LogP contribution in [0.1, 0.15) is 42.4 Å². The molecule has 1 aromatic carbocycles. The molecule has 0 radical (unpaired) electrons. The van der Waals surface area contributed by atoms with Gasteiger partial charge in [-0.1, -0.05) is 36.6 Å². The molecule has 1 heteroatoms. The number of benzene rings is 1. The van der Waals surface area contributed by atoms with Crippen molar-refractivity contribution in [3.05, 3.63) is 34.9 Å². The van der Waals surface area contributed by atoms with Crippen LogP contribution in [0.15, 0.2) is 18.2 Å². The van der Waals surface area contributed by atoms with E-state index in [1.54, 1.807) is 0 Å². The first kappa shape index (κ1) is 12.2. The fourth-order valence-electron chi connectivity index (χ4n) is 4.00. The van der Waals surface area contributed by atoms with Crippen LogP contribution in [0.4, 0.5) is 0 Å². The summed E-state index contributed by atoms with van der Waals surface area (Å²) in [5, 5.41) is 10.5. The van der Waals surface area contributed by atoms with E-state index in [1.165, 1.54) is 42.4 Å². The van der Waals surface area contributed by atoms with Crippen molar-refractivity contribution in [2.75, 3.05) is 0 Å². The molecule has 0 aromatic heterocycles. The Bertz CT molecular complexity index is 425. The Morgan fingerprint density at radius 1 is 1.17 bits per heavy atom. The zero-order valence-corrected chi connectivity index (χ0v) is 11.5. The highest BCUT2D eigenvalue weighted by molar-refractivity contribution is 5.31. The fourth-order valence-corrected chi connectivity index (χ4v) is 4.00. The van der Waals surface area contributed by atoms with Crippen LogP contribution in [0.2, 0.25) is 0 Å². The molecular formula is C17H24O. The van der Waals surface area contributed by atoms with Crippen molar-refractivity contribution in [2.45, 2.75) is 52.1 Å². The minimum Gasteiger partial charge on any atom is -0.392 e. The van der Waals surface area contributed by atoms with E-state index in [0.717, 1.165) is 18.3 Å². The van der Waals surface area contributed by atoms with Crippen molar-refractivity contribution in [3.63, 3.8) is 0 Å². The van der Waals surface area contributed by atoms with Gasteiger partial charge < -0.3 is 5.11 Å². The number of fused-ring (bicyclic) bond motifs is 1. The van der Waals surface area contributed by atoms with E-state index in [0.29, 0.717) is 5.92 Å². The minimum absolute atomic E-state index is 0.112. The first-order valence-electron chi connectivity index (χ1n) is 7.41. The van der Waals surface area contributed by atoms with Gasteiger partial charge in [0.25, 0.3) is 0 Å². The van der Waals surface area contributed by atoms with Gasteiger partial charge in [-0.15, -0.1) is 0 Å². The van der Waals surface area contributed by atoms with E-state index in [1.807, 2.05) is 0 Å². The molecule has 2 aliphatic carbocycles. The van der Waals surface area contributed by atoms with Crippen molar-refractivity contribution < 1.29 is 5.11 Å². The number of aliphatic hydroxyl groups excluding tert-OH is 1. The highest BCUT2D eigenvalue weighted by Gasteiger charge is 2.53. The molecule has 0 heterocycles. The third kappa shape index (κ3) is 2.21. The standard InChI is InChI=1S/C17H24O/c1-11-7-8-12(2)13(9-11)10-16(18)17-14-5-3-4-6-15(14)17/h7-9,14-18H,3-6,10H2,1-2H3. The van der Waals surface area contributed by atoms with Crippen LogP contribution >= 0.6 is 0 Å². The van der Waals surface area contributed by atoms with Gasteiger partial charge in [0.1, 0.15) is 0 Å². The smallest absolute Gasteiger partial charge is 0.0614 e. The average molecular weight is 244 g/mol. The monoisotopic (exact) mass is 244 g/mol. The van der Waals surface area contributed by atoms with Crippen molar-refractivity contribution >= 4 is 0 Å². The lowest BCUT2D eigenvalue weighted by molar-refractivity contribution is 0.140. The van der Waals surface area contributed by atoms with Gasteiger partial charge in [-0.2, -0.15) is 0 Å². The Labute approximate surface area is 110 Å². The molecule has 0 saturated heterocycles. The molecule has 1 nitrogen and oxygen atoms in total. The summed E-state index contributed by atoms with van der Waals surface area (Å²) in [5.41, 5.74) is 3.96. The Morgan fingerprint density at radius 2 is 1.83 bits per heavy atom. The maximum Gasteiger partial charge on any atom is 0.0614 e. The molecule has 0 amide bonds. The van der Waals surface area contributed by atoms with Crippen molar-refractivity contribution in [1.82, 2.24) is 0 Å². The highest BCUT2D eigenvalue weighted by atomic mass is 16.3. The Hall–Kier alpha value is -0.820. The van der Waals surface area contributed by atoms with E-state index in [9.17, 15) is 5.11 Å². The van der Waals surface area contributed by atoms with Crippen molar-refractivity contribution in [1.29, 1.82) is 0 Å². The van der Waals surface area contributed by atoms with Gasteiger partial charge in [-0.25, -0.2) is 0 Å². The summed E-state index contributed by atoms with van der Waals surface area (Å²) in [6.45, 7) is 4.29. The van der Waals surface area contributed by atoms with Gasteiger partial charge in [0, 0.05) is 0 Å². The summed E-state index contributed by atoms with van der Waals surface area (Å²) in [5.74, 6) is 2.30. The third-order valence-electron chi connectivity index (χ3n) is 5.10. The third-order valence-corrected chi connectivity index (χ3v) is 5.10. The molecular weight excluding hydrogens is 220 g/mol. The van der Waals surface area contributed by atoms with Crippen LogP contribution in [0.25, 0.3) is 0 Å². The van der Waals surface area contributed by atoms with E-state index in [-0.39, 0.29) is 6.10 Å². The number of rotatable bonds is 3. The Kier molecular flexibility index (Phi) is 3.19. The second kappa shape index (κ2) is 4.70. The minimum atomic E-state index is -0.112. The highest BCUT2D eigenvalue weighted by Crippen LogP contribution is 2.57. The Morgan fingerprint density at radius 3 is 2.50 bits per heavy atom. The molecule has 2 saturated carbocycles. The van der Waals surface area contributed by atoms with E-state index in [2.05, 4.69) is 32.0 Å². The van der Waals surface area contributed by atoms with Gasteiger partial charge in [0.05, 0.1) is 6.10 Å². The molecule has 98 valence electrons. The van der Waals surface area contributed by atoms with Crippen molar-refractivity contribution in [3.8, 4) is 0 Å². The van der Waals surface area contributed by atoms with E-state index >= 15 is 0 Å². The van der Waals surface area contributed by atoms with Gasteiger partial charge in [-0.05, 0) is 62.0 Å². The molecule has 3 atom stereocenters. The SMILES string of the molecule is Cc1ccc(C)c(CC(O)C2C3CCCCC32)c1. The number of aryl methyl sites for hydroxylation is 2. The topological polar surface area (TPSA) is 20.2 Å².